The Labute approximate surface area is 128 Å². The molecule has 1 N–H and O–H groups in total. The van der Waals surface area contributed by atoms with Crippen LogP contribution in [0.2, 0.25) is 0 Å². The Morgan fingerprint density at radius 1 is 1.32 bits per heavy atom. The van der Waals surface area contributed by atoms with Crippen LogP contribution in [-0.4, -0.2) is 24.8 Å². The fraction of sp³-hybridized carbons (Fsp3) is 0.462. The molecule has 1 saturated carbocycles. The second kappa shape index (κ2) is 5.71. The monoisotopic (exact) mass is 392 g/mol. The lowest BCUT2D eigenvalue weighted by Crippen LogP contribution is -2.17. The minimum Gasteiger partial charge on any atom is -0.496 e. The summed E-state index contributed by atoms with van der Waals surface area (Å²) in [5.41, 5.74) is -0.183. The lowest BCUT2D eigenvalue weighted by Gasteiger charge is -2.16. The van der Waals surface area contributed by atoms with Gasteiger partial charge in [-0.2, -0.15) is 0 Å². The molecule has 0 aromatic heterocycles. The number of carboxylic acid groups (broad SMARTS) is 1. The van der Waals surface area contributed by atoms with Crippen LogP contribution >= 0.6 is 31.9 Å². The van der Waals surface area contributed by atoms with E-state index in [4.69, 9.17) is 14.6 Å². The van der Waals surface area contributed by atoms with Crippen molar-refractivity contribution in [3.05, 3.63) is 21.1 Å². The number of benzene rings is 1. The van der Waals surface area contributed by atoms with Crippen molar-refractivity contribution in [2.24, 2.45) is 5.41 Å². The number of hydrogen-bond donors (Lipinski definition) is 1. The molecule has 0 atom stereocenters. The second-order valence-electron chi connectivity index (χ2n) is 4.78. The van der Waals surface area contributed by atoms with Gasteiger partial charge in [0.15, 0.2) is 0 Å². The molecule has 6 heteroatoms. The maximum absolute atomic E-state index is 10.8. The van der Waals surface area contributed by atoms with Crippen LogP contribution in [0.5, 0.6) is 11.5 Å². The Bertz CT molecular complexity index is 498. The molecular weight excluding hydrogens is 380 g/mol. The fourth-order valence-electron chi connectivity index (χ4n) is 1.88. The molecule has 4 nitrogen and oxygen atoms in total. The summed E-state index contributed by atoms with van der Waals surface area (Å²) in [5, 5.41) is 8.86. The summed E-state index contributed by atoms with van der Waals surface area (Å²) in [6.45, 7) is 0.427. The summed E-state index contributed by atoms with van der Waals surface area (Å²) >= 11 is 6.82. The van der Waals surface area contributed by atoms with Crippen LogP contribution in [0.1, 0.15) is 19.3 Å². The zero-order valence-corrected chi connectivity index (χ0v) is 13.6. The Morgan fingerprint density at radius 3 is 2.42 bits per heavy atom. The third-order valence-corrected chi connectivity index (χ3v) is 4.46. The summed E-state index contributed by atoms with van der Waals surface area (Å²) in [5.74, 6) is 0.631. The van der Waals surface area contributed by atoms with Gasteiger partial charge in [0.25, 0.3) is 0 Å². The van der Waals surface area contributed by atoms with Crippen LogP contribution in [0.15, 0.2) is 21.1 Å². The van der Waals surface area contributed by atoms with Gasteiger partial charge in [0, 0.05) is 5.41 Å². The van der Waals surface area contributed by atoms with Gasteiger partial charge in [0.1, 0.15) is 11.5 Å². The van der Waals surface area contributed by atoms with Crippen molar-refractivity contribution in [2.45, 2.75) is 19.3 Å². The van der Waals surface area contributed by atoms with E-state index in [2.05, 4.69) is 31.9 Å². The van der Waals surface area contributed by atoms with Crippen LogP contribution < -0.4 is 9.47 Å². The Hall–Kier alpha value is -0.750. The van der Waals surface area contributed by atoms with Crippen LogP contribution in [0.25, 0.3) is 0 Å². The number of rotatable bonds is 6. The van der Waals surface area contributed by atoms with Gasteiger partial charge in [-0.15, -0.1) is 0 Å². The lowest BCUT2D eigenvalue weighted by molar-refractivity contribution is -0.138. The van der Waals surface area contributed by atoms with Crippen molar-refractivity contribution in [1.29, 1.82) is 0 Å². The van der Waals surface area contributed by atoms with Crippen molar-refractivity contribution in [3.63, 3.8) is 0 Å². The quantitative estimate of drug-likeness (QED) is 0.797. The second-order valence-corrected chi connectivity index (χ2v) is 6.49. The SMILES string of the molecule is COc1cc(Br)c(OCC2(CC(=O)O)CC2)cc1Br. The van der Waals surface area contributed by atoms with Crippen molar-refractivity contribution in [2.75, 3.05) is 13.7 Å². The summed E-state index contributed by atoms with van der Waals surface area (Å²) in [4.78, 5) is 10.8. The van der Waals surface area contributed by atoms with Crippen molar-refractivity contribution >= 4 is 37.8 Å². The van der Waals surface area contributed by atoms with E-state index < -0.39 is 5.97 Å². The molecule has 1 aliphatic rings. The van der Waals surface area contributed by atoms with E-state index in [0.29, 0.717) is 18.1 Å². The smallest absolute Gasteiger partial charge is 0.304 e. The average Bonchev–Trinajstić information content (AvgIpc) is 3.09. The van der Waals surface area contributed by atoms with Gasteiger partial charge in [-0.3, -0.25) is 4.79 Å². The third kappa shape index (κ3) is 3.63. The summed E-state index contributed by atoms with van der Waals surface area (Å²) in [6.07, 6.45) is 1.99. The molecule has 1 aromatic carbocycles. The van der Waals surface area contributed by atoms with Crippen LogP contribution in [0.4, 0.5) is 0 Å². The number of ether oxygens (including phenoxy) is 2. The van der Waals surface area contributed by atoms with Crippen LogP contribution in [-0.2, 0) is 4.79 Å². The van der Waals surface area contributed by atoms with E-state index in [1.807, 2.05) is 12.1 Å². The zero-order valence-electron chi connectivity index (χ0n) is 10.4. The van der Waals surface area contributed by atoms with E-state index in [-0.39, 0.29) is 11.8 Å². The van der Waals surface area contributed by atoms with Gasteiger partial charge in [0.05, 0.1) is 29.1 Å². The Morgan fingerprint density at radius 2 is 1.89 bits per heavy atom. The summed E-state index contributed by atoms with van der Waals surface area (Å²) in [6, 6.07) is 3.63. The normalized spacial score (nSPS) is 15.9. The molecule has 1 aromatic rings. The molecule has 0 spiro atoms. The molecule has 1 fully saturated rings. The third-order valence-electron chi connectivity index (χ3n) is 3.22. The van der Waals surface area contributed by atoms with Gasteiger partial charge in [-0.1, -0.05) is 0 Å². The Balaban J connectivity index is 2.04. The molecule has 0 aliphatic heterocycles. The lowest BCUT2D eigenvalue weighted by atomic mass is 10.0. The average molecular weight is 394 g/mol. The molecular formula is C13H14Br2O4. The van der Waals surface area contributed by atoms with Gasteiger partial charge >= 0.3 is 5.97 Å². The molecule has 2 rings (SSSR count). The maximum Gasteiger partial charge on any atom is 0.304 e. The van der Waals surface area contributed by atoms with Crippen molar-refractivity contribution in [3.8, 4) is 11.5 Å². The van der Waals surface area contributed by atoms with Gasteiger partial charge in [-0.25, -0.2) is 0 Å². The molecule has 0 bridgehead atoms. The van der Waals surface area contributed by atoms with E-state index in [9.17, 15) is 4.79 Å². The highest BCUT2D eigenvalue weighted by Gasteiger charge is 2.45. The Kier molecular flexibility index (Phi) is 4.40. The molecule has 0 heterocycles. The maximum atomic E-state index is 10.8. The van der Waals surface area contributed by atoms with Crippen LogP contribution in [0, 0.1) is 5.41 Å². The summed E-state index contributed by atoms with van der Waals surface area (Å²) < 4.78 is 12.5. The molecule has 0 saturated heterocycles. The van der Waals surface area contributed by atoms with E-state index in [1.54, 1.807) is 7.11 Å². The zero-order chi connectivity index (χ0) is 14.0. The molecule has 0 unspecified atom stereocenters. The molecule has 19 heavy (non-hydrogen) atoms. The number of carboxylic acids is 1. The van der Waals surface area contributed by atoms with E-state index in [0.717, 1.165) is 21.8 Å². The highest BCUT2D eigenvalue weighted by atomic mass is 79.9. The van der Waals surface area contributed by atoms with Crippen molar-refractivity contribution in [1.82, 2.24) is 0 Å². The predicted molar refractivity (Wildman–Crippen MR) is 77.8 cm³/mol. The first kappa shape index (κ1) is 14.7. The predicted octanol–water partition coefficient (Wildman–Crippen LogP) is 3.85. The minimum atomic E-state index is -0.768. The van der Waals surface area contributed by atoms with E-state index >= 15 is 0 Å². The fourth-order valence-corrected chi connectivity index (χ4v) is 2.80. The number of hydrogen-bond acceptors (Lipinski definition) is 3. The highest BCUT2D eigenvalue weighted by Crippen LogP contribution is 2.49. The van der Waals surface area contributed by atoms with Gasteiger partial charge in [0.2, 0.25) is 0 Å². The highest BCUT2D eigenvalue weighted by molar-refractivity contribution is 9.11. The van der Waals surface area contributed by atoms with Gasteiger partial charge < -0.3 is 14.6 Å². The van der Waals surface area contributed by atoms with Gasteiger partial charge in [-0.05, 0) is 56.8 Å². The number of aliphatic carboxylic acids is 1. The molecule has 1 aliphatic carbocycles. The molecule has 0 amide bonds. The minimum absolute atomic E-state index is 0.169. The summed E-state index contributed by atoms with van der Waals surface area (Å²) in [7, 11) is 1.60. The first-order valence-electron chi connectivity index (χ1n) is 5.83. The topological polar surface area (TPSA) is 55.8 Å². The van der Waals surface area contributed by atoms with Crippen molar-refractivity contribution < 1.29 is 19.4 Å². The first-order valence-corrected chi connectivity index (χ1v) is 7.42. The standard InChI is InChI=1S/C13H14Br2O4/c1-18-10-4-9(15)11(5-8(10)14)19-7-13(2-3-13)6-12(16)17/h4-5H,2-3,6-7H2,1H3,(H,16,17). The number of carbonyl (C=O) groups is 1. The number of halogens is 2. The largest absolute Gasteiger partial charge is 0.496 e. The first-order chi connectivity index (χ1) is 8.96. The molecule has 104 valence electrons. The number of methoxy groups -OCH3 is 1. The molecule has 0 radical (unpaired) electrons. The van der Waals surface area contributed by atoms with E-state index in [1.165, 1.54) is 0 Å². The van der Waals surface area contributed by atoms with Crippen LogP contribution in [0.3, 0.4) is 0 Å².